The molecule has 1 aromatic carbocycles. The van der Waals surface area contributed by atoms with Crippen LogP contribution < -0.4 is 10.5 Å². The third-order valence-corrected chi connectivity index (χ3v) is 1.65. The van der Waals surface area contributed by atoms with E-state index < -0.39 is 0 Å². The summed E-state index contributed by atoms with van der Waals surface area (Å²) >= 11 is 4.65. The molecule has 2 nitrogen and oxygen atoms in total. The number of nitrogens with two attached hydrogens (primary N) is 1. The predicted octanol–water partition coefficient (Wildman–Crippen LogP) is 1.88. The molecule has 0 aliphatic heterocycles. The highest BCUT2D eigenvalue weighted by atomic mass is 32.1. The molecule has 0 unspecified atom stereocenters. The number of ether oxygens (including phenoxy) is 1. The molecule has 0 saturated heterocycles. The summed E-state index contributed by atoms with van der Waals surface area (Å²) in [5.41, 5.74) is 5.25. The van der Waals surface area contributed by atoms with Gasteiger partial charge in [-0.2, -0.15) is 0 Å². The van der Waals surface area contributed by atoms with E-state index in [1.165, 1.54) is 6.07 Å². The number of hydrogen-bond acceptors (Lipinski definition) is 2. The Labute approximate surface area is 81.5 Å². The molecule has 0 aliphatic rings. The molecule has 0 aliphatic carbocycles. The van der Waals surface area contributed by atoms with Crippen LogP contribution in [0.2, 0.25) is 0 Å². The average molecular weight is 199 g/mol. The van der Waals surface area contributed by atoms with Gasteiger partial charge in [0.2, 0.25) is 0 Å². The summed E-state index contributed by atoms with van der Waals surface area (Å²) in [5.74, 6) is -0.135. The molecule has 1 rings (SSSR count). The number of halogens is 1. The quantitative estimate of drug-likeness (QED) is 0.752. The van der Waals surface area contributed by atoms with Crippen LogP contribution in [0, 0.1) is 5.82 Å². The van der Waals surface area contributed by atoms with Gasteiger partial charge in [0, 0.05) is 6.42 Å². The third-order valence-electron chi connectivity index (χ3n) is 1.44. The van der Waals surface area contributed by atoms with Crippen LogP contribution in [0.3, 0.4) is 0 Å². The number of thiocarbonyl (C=S) groups is 1. The lowest BCUT2D eigenvalue weighted by Gasteiger charge is -2.05. The minimum atomic E-state index is -0.370. The summed E-state index contributed by atoms with van der Waals surface area (Å²) in [6.07, 6.45) is 0.462. The van der Waals surface area contributed by atoms with E-state index in [1.54, 1.807) is 18.2 Å². The molecule has 0 saturated carbocycles. The van der Waals surface area contributed by atoms with Crippen molar-refractivity contribution in [2.24, 2.45) is 5.73 Å². The Bertz CT molecular complexity index is 303. The first-order chi connectivity index (χ1) is 6.20. The van der Waals surface area contributed by atoms with Gasteiger partial charge in [0.1, 0.15) is 0 Å². The summed E-state index contributed by atoms with van der Waals surface area (Å²) in [6, 6.07) is 6.22. The minimum Gasteiger partial charge on any atom is -0.490 e. The fourth-order valence-electron chi connectivity index (χ4n) is 0.823. The van der Waals surface area contributed by atoms with E-state index in [-0.39, 0.29) is 11.6 Å². The van der Waals surface area contributed by atoms with Crippen molar-refractivity contribution in [3.63, 3.8) is 0 Å². The topological polar surface area (TPSA) is 35.2 Å². The van der Waals surface area contributed by atoms with Crippen LogP contribution in [0.15, 0.2) is 24.3 Å². The van der Waals surface area contributed by atoms with Crippen molar-refractivity contribution in [1.82, 2.24) is 0 Å². The standard InChI is InChI=1S/C9H10FNOS/c10-7-3-1-2-4-8(7)12-6-5-9(11)13/h1-4H,5-6H2,(H2,11,13). The summed E-state index contributed by atoms with van der Waals surface area (Å²) in [7, 11) is 0. The Morgan fingerprint density at radius 1 is 1.46 bits per heavy atom. The smallest absolute Gasteiger partial charge is 0.165 e. The third kappa shape index (κ3) is 3.38. The molecule has 4 heteroatoms. The van der Waals surface area contributed by atoms with Gasteiger partial charge in [-0.15, -0.1) is 0 Å². The van der Waals surface area contributed by atoms with E-state index >= 15 is 0 Å². The van der Waals surface area contributed by atoms with Crippen molar-refractivity contribution in [1.29, 1.82) is 0 Å². The second-order valence-electron chi connectivity index (χ2n) is 2.50. The molecule has 0 bridgehead atoms. The predicted molar refractivity (Wildman–Crippen MR) is 53.3 cm³/mol. The Kier molecular flexibility index (Phi) is 3.64. The Hall–Kier alpha value is -1.16. The summed E-state index contributed by atoms with van der Waals surface area (Å²) in [4.78, 5) is 0.372. The van der Waals surface area contributed by atoms with Crippen LogP contribution in [0.25, 0.3) is 0 Å². The van der Waals surface area contributed by atoms with Gasteiger partial charge in [0.15, 0.2) is 11.6 Å². The van der Waals surface area contributed by atoms with Gasteiger partial charge in [0.25, 0.3) is 0 Å². The average Bonchev–Trinajstić information content (AvgIpc) is 2.08. The zero-order chi connectivity index (χ0) is 9.68. The molecule has 2 N–H and O–H groups in total. The van der Waals surface area contributed by atoms with Gasteiger partial charge in [-0.25, -0.2) is 4.39 Å². The molecule has 0 fully saturated rings. The molecule has 0 atom stereocenters. The summed E-state index contributed by atoms with van der Waals surface area (Å²) in [5, 5.41) is 0. The SMILES string of the molecule is NC(=S)CCOc1ccccc1F. The molecular formula is C9H10FNOS. The fraction of sp³-hybridized carbons (Fsp3) is 0.222. The van der Waals surface area contributed by atoms with Crippen LogP contribution in [0.4, 0.5) is 4.39 Å². The molecular weight excluding hydrogens is 189 g/mol. The van der Waals surface area contributed by atoms with Crippen molar-refractivity contribution in [3.05, 3.63) is 30.1 Å². The molecule has 1 aromatic rings. The van der Waals surface area contributed by atoms with Crippen molar-refractivity contribution in [3.8, 4) is 5.75 Å². The zero-order valence-electron chi connectivity index (χ0n) is 7.00. The maximum atomic E-state index is 12.9. The maximum absolute atomic E-state index is 12.9. The highest BCUT2D eigenvalue weighted by molar-refractivity contribution is 7.80. The lowest BCUT2D eigenvalue weighted by molar-refractivity contribution is 0.312. The van der Waals surface area contributed by atoms with Crippen LogP contribution in [0.1, 0.15) is 6.42 Å². The second-order valence-corrected chi connectivity index (χ2v) is 3.02. The van der Waals surface area contributed by atoms with E-state index in [0.29, 0.717) is 18.0 Å². The van der Waals surface area contributed by atoms with Crippen molar-refractivity contribution in [2.75, 3.05) is 6.61 Å². The van der Waals surface area contributed by atoms with Crippen molar-refractivity contribution >= 4 is 17.2 Å². The molecule has 0 spiro atoms. The summed E-state index contributed by atoms with van der Waals surface area (Å²) < 4.78 is 18.0. The molecule has 0 heterocycles. The normalized spacial score (nSPS) is 9.62. The van der Waals surface area contributed by atoms with Crippen molar-refractivity contribution < 1.29 is 9.13 Å². The maximum Gasteiger partial charge on any atom is 0.165 e. The van der Waals surface area contributed by atoms with E-state index in [9.17, 15) is 4.39 Å². The number of hydrogen-bond donors (Lipinski definition) is 1. The van der Waals surface area contributed by atoms with Gasteiger partial charge < -0.3 is 10.5 Å². The minimum absolute atomic E-state index is 0.235. The zero-order valence-corrected chi connectivity index (χ0v) is 7.81. The van der Waals surface area contributed by atoms with Crippen LogP contribution >= 0.6 is 12.2 Å². The number of benzene rings is 1. The Balaban J connectivity index is 2.45. The first kappa shape index (κ1) is 9.92. The van der Waals surface area contributed by atoms with Gasteiger partial charge >= 0.3 is 0 Å². The number of para-hydroxylation sites is 1. The Morgan fingerprint density at radius 2 is 2.15 bits per heavy atom. The van der Waals surface area contributed by atoms with Crippen molar-refractivity contribution in [2.45, 2.75) is 6.42 Å². The molecule has 13 heavy (non-hydrogen) atoms. The molecule has 0 amide bonds. The monoisotopic (exact) mass is 199 g/mol. The Morgan fingerprint density at radius 3 is 2.77 bits per heavy atom. The largest absolute Gasteiger partial charge is 0.490 e. The second kappa shape index (κ2) is 4.77. The number of rotatable bonds is 4. The summed E-state index contributed by atoms with van der Waals surface area (Å²) in [6.45, 7) is 0.316. The first-order valence-corrected chi connectivity index (χ1v) is 4.26. The van der Waals surface area contributed by atoms with Gasteiger partial charge in [0.05, 0.1) is 11.6 Å². The highest BCUT2D eigenvalue weighted by Crippen LogP contribution is 2.15. The molecule has 0 radical (unpaired) electrons. The van der Waals surface area contributed by atoms with Crippen LogP contribution in [-0.2, 0) is 0 Å². The van der Waals surface area contributed by atoms with E-state index in [0.717, 1.165) is 0 Å². The van der Waals surface area contributed by atoms with Gasteiger partial charge in [-0.1, -0.05) is 24.4 Å². The lowest BCUT2D eigenvalue weighted by atomic mass is 10.3. The fourth-order valence-corrected chi connectivity index (χ4v) is 0.907. The first-order valence-electron chi connectivity index (χ1n) is 3.86. The molecule has 0 aromatic heterocycles. The lowest BCUT2D eigenvalue weighted by Crippen LogP contribution is -2.12. The van der Waals surface area contributed by atoms with E-state index in [2.05, 4.69) is 12.2 Å². The van der Waals surface area contributed by atoms with Crippen LogP contribution in [-0.4, -0.2) is 11.6 Å². The van der Waals surface area contributed by atoms with E-state index in [4.69, 9.17) is 10.5 Å². The van der Waals surface area contributed by atoms with Crippen LogP contribution in [0.5, 0.6) is 5.75 Å². The van der Waals surface area contributed by atoms with Gasteiger partial charge in [-0.3, -0.25) is 0 Å². The highest BCUT2D eigenvalue weighted by Gasteiger charge is 2.00. The molecule has 70 valence electrons. The van der Waals surface area contributed by atoms with Gasteiger partial charge in [-0.05, 0) is 12.1 Å². The van der Waals surface area contributed by atoms with E-state index in [1.807, 2.05) is 0 Å².